The Labute approximate surface area is 261 Å². The smallest absolute Gasteiger partial charge is 0.165 e. The number of nitriles is 1. The van der Waals surface area contributed by atoms with Crippen LogP contribution < -0.4 is 0 Å². The predicted molar refractivity (Wildman–Crippen MR) is 179 cm³/mol. The van der Waals surface area contributed by atoms with Crippen LogP contribution in [0.1, 0.15) is 30.5 Å². The summed E-state index contributed by atoms with van der Waals surface area (Å²) in [5.74, 6) is 1.80. The van der Waals surface area contributed by atoms with Gasteiger partial charge in [0.05, 0.1) is 11.6 Å². The first-order valence-electron chi connectivity index (χ1n) is 14.9. The third kappa shape index (κ3) is 4.47. The van der Waals surface area contributed by atoms with Gasteiger partial charge in [0.1, 0.15) is 0 Å². The monoisotopic (exact) mass is 577 g/mol. The zero-order valence-electron chi connectivity index (χ0n) is 24.9. The Morgan fingerprint density at radius 1 is 0.556 bits per heavy atom. The van der Waals surface area contributed by atoms with Gasteiger partial charge in [-0.2, -0.15) is 5.26 Å². The molecule has 0 N–H and O–H groups in total. The summed E-state index contributed by atoms with van der Waals surface area (Å²) in [6.07, 6.45) is 3.53. The van der Waals surface area contributed by atoms with E-state index in [1.54, 1.807) is 12.4 Å². The van der Waals surface area contributed by atoms with Crippen LogP contribution in [0.4, 0.5) is 0 Å². The molecule has 0 radical (unpaired) electrons. The Hall–Kier alpha value is -5.99. The number of hydrogen-bond donors (Lipinski definition) is 0. The summed E-state index contributed by atoms with van der Waals surface area (Å²) in [6.45, 7) is 4.47. The van der Waals surface area contributed by atoms with Crippen molar-refractivity contribution in [2.24, 2.45) is 0 Å². The molecular formula is C40H27N5. The molecule has 1 aliphatic carbocycles. The van der Waals surface area contributed by atoms with Gasteiger partial charge in [0.15, 0.2) is 17.5 Å². The molecule has 7 aromatic rings. The van der Waals surface area contributed by atoms with Crippen molar-refractivity contribution >= 4 is 10.8 Å². The van der Waals surface area contributed by atoms with Gasteiger partial charge in [-0.1, -0.05) is 92.7 Å². The lowest BCUT2D eigenvalue weighted by atomic mass is 9.81. The van der Waals surface area contributed by atoms with Crippen LogP contribution in [-0.2, 0) is 5.41 Å². The molecule has 1 aliphatic rings. The zero-order chi connectivity index (χ0) is 30.5. The summed E-state index contributed by atoms with van der Waals surface area (Å²) in [6, 6.07) is 41.7. The fourth-order valence-corrected chi connectivity index (χ4v) is 6.49. The Bertz CT molecular complexity index is 2310. The van der Waals surface area contributed by atoms with Crippen molar-refractivity contribution in [2.75, 3.05) is 0 Å². The van der Waals surface area contributed by atoms with Crippen molar-refractivity contribution in [1.29, 1.82) is 5.26 Å². The molecule has 2 aromatic heterocycles. The van der Waals surface area contributed by atoms with Crippen molar-refractivity contribution in [1.82, 2.24) is 19.9 Å². The molecule has 0 spiro atoms. The van der Waals surface area contributed by atoms with Crippen molar-refractivity contribution in [2.45, 2.75) is 19.3 Å². The molecule has 5 heteroatoms. The molecule has 45 heavy (non-hydrogen) atoms. The quantitative estimate of drug-likeness (QED) is 0.208. The summed E-state index contributed by atoms with van der Waals surface area (Å²) in [7, 11) is 0. The molecule has 0 atom stereocenters. The van der Waals surface area contributed by atoms with Crippen molar-refractivity contribution in [3.05, 3.63) is 144 Å². The molecule has 0 aliphatic heterocycles. The average Bonchev–Trinajstić information content (AvgIpc) is 3.33. The second-order valence-electron chi connectivity index (χ2n) is 11.9. The van der Waals surface area contributed by atoms with Crippen LogP contribution in [0, 0.1) is 11.3 Å². The Balaban J connectivity index is 1.25. The van der Waals surface area contributed by atoms with Gasteiger partial charge in [-0.3, -0.25) is 4.98 Å². The molecule has 5 aromatic carbocycles. The number of benzene rings is 5. The molecule has 5 nitrogen and oxygen atoms in total. The van der Waals surface area contributed by atoms with E-state index in [0.29, 0.717) is 23.0 Å². The number of rotatable bonds is 4. The minimum atomic E-state index is -0.217. The van der Waals surface area contributed by atoms with E-state index >= 15 is 0 Å². The second kappa shape index (κ2) is 10.3. The first kappa shape index (κ1) is 26.6. The van der Waals surface area contributed by atoms with Gasteiger partial charge < -0.3 is 0 Å². The van der Waals surface area contributed by atoms with E-state index in [1.165, 1.54) is 22.3 Å². The van der Waals surface area contributed by atoms with Gasteiger partial charge in [0.2, 0.25) is 0 Å². The molecule has 212 valence electrons. The lowest BCUT2D eigenvalue weighted by Gasteiger charge is -2.22. The maximum absolute atomic E-state index is 9.51. The highest BCUT2D eigenvalue weighted by Crippen LogP contribution is 2.50. The third-order valence-corrected chi connectivity index (χ3v) is 8.84. The fourth-order valence-electron chi connectivity index (χ4n) is 6.49. The van der Waals surface area contributed by atoms with E-state index in [2.05, 4.69) is 97.7 Å². The minimum Gasteiger partial charge on any atom is -0.264 e. The highest BCUT2D eigenvalue weighted by atomic mass is 15.0. The van der Waals surface area contributed by atoms with Gasteiger partial charge >= 0.3 is 0 Å². The van der Waals surface area contributed by atoms with Gasteiger partial charge in [-0.25, -0.2) is 15.0 Å². The number of hydrogen-bond acceptors (Lipinski definition) is 5. The summed E-state index contributed by atoms with van der Waals surface area (Å²) < 4.78 is 0. The number of pyridine rings is 1. The topological polar surface area (TPSA) is 75.3 Å². The summed E-state index contributed by atoms with van der Waals surface area (Å²) in [5, 5.41) is 11.7. The van der Waals surface area contributed by atoms with Gasteiger partial charge in [-0.15, -0.1) is 0 Å². The van der Waals surface area contributed by atoms with Crippen LogP contribution in [0.3, 0.4) is 0 Å². The SMILES string of the molecule is CC1(C)c2cc(C#N)ccc2-c2ccc(-c3cccc(-c4nc(-c5cccnc5)nc(-c5cccc6ccccc56)n4)c3)cc21. The lowest BCUT2D eigenvalue weighted by Crippen LogP contribution is -2.15. The maximum Gasteiger partial charge on any atom is 0.165 e. The van der Waals surface area contributed by atoms with E-state index in [0.717, 1.165) is 38.6 Å². The molecule has 0 saturated heterocycles. The number of nitrogens with zero attached hydrogens (tertiary/aromatic N) is 5. The van der Waals surface area contributed by atoms with Crippen LogP contribution in [0.2, 0.25) is 0 Å². The first-order valence-corrected chi connectivity index (χ1v) is 14.9. The van der Waals surface area contributed by atoms with Crippen LogP contribution in [-0.4, -0.2) is 19.9 Å². The largest absolute Gasteiger partial charge is 0.264 e. The van der Waals surface area contributed by atoms with Crippen molar-refractivity contribution in [3.8, 4) is 62.5 Å². The van der Waals surface area contributed by atoms with Gasteiger partial charge in [-0.05, 0) is 80.6 Å². The number of fused-ring (bicyclic) bond motifs is 4. The molecule has 0 fully saturated rings. The second-order valence-corrected chi connectivity index (χ2v) is 11.9. The Morgan fingerprint density at radius 2 is 1.22 bits per heavy atom. The highest BCUT2D eigenvalue weighted by Gasteiger charge is 2.35. The molecule has 0 unspecified atom stereocenters. The van der Waals surface area contributed by atoms with E-state index in [1.807, 2.05) is 42.5 Å². The Kier molecular flexibility index (Phi) is 6.11. The molecule has 0 bridgehead atoms. The van der Waals surface area contributed by atoms with E-state index in [4.69, 9.17) is 15.0 Å². The summed E-state index contributed by atoms with van der Waals surface area (Å²) in [5.41, 5.74) is 10.2. The minimum absolute atomic E-state index is 0.217. The Morgan fingerprint density at radius 3 is 2.04 bits per heavy atom. The normalized spacial score (nSPS) is 12.8. The van der Waals surface area contributed by atoms with Crippen LogP contribution in [0.5, 0.6) is 0 Å². The molecule has 8 rings (SSSR count). The summed E-state index contributed by atoms with van der Waals surface area (Å²) >= 11 is 0. The fraction of sp³-hybridized carbons (Fsp3) is 0.0750. The van der Waals surface area contributed by atoms with Crippen molar-refractivity contribution < 1.29 is 0 Å². The molecule has 2 heterocycles. The van der Waals surface area contributed by atoms with Crippen molar-refractivity contribution in [3.63, 3.8) is 0 Å². The van der Waals surface area contributed by atoms with E-state index < -0.39 is 0 Å². The molecule has 0 amide bonds. The van der Waals surface area contributed by atoms with E-state index in [9.17, 15) is 5.26 Å². The predicted octanol–water partition coefficient (Wildman–Crippen LogP) is 9.27. The first-order chi connectivity index (χ1) is 22.0. The maximum atomic E-state index is 9.51. The van der Waals surface area contributed by atoms with Gasteiger partial charge in [0.25, 0.3) is 0 Å². The van der Waals surface area contributed by atoms with Gasteiger partial charge in [0, 0.05) is 34.5 Å². The highest BCUT2D eigenvalue weighted by molar-refractivity contribution is 5.95. The molecule has 0 saturated carbocycles. The lowest BCUT2D eigenvalue weighted by molar-refractivity contribution is 0.660. The van der Waals surface area contributed by atoms with Crippen LogP contribution in [0.15, 0.2) is 128 Å². The van der Waals surface area contributed by atoms with Crippen LogP contribution >= 0.6 is 0 Å². The van der Waals surface area contributed by atoms with Crippen LogP contribution in [0.25, 0.3) is 67.2 Å². The number of aromatic nitrogens is 4. The molecular weight excluding hydrogens is 550 g/mol. The standard InChI is InChI=1S/C40H27N5/c1-40(2)35-20-25(23-41)15-17-32(35)33-18-16-28(22-36(33)40)27-10-5-11-29(21-27)37-43-38(30-12-7-19-42-24-30)45-39(44-37)34-14-6-9-26-8-3-4-13-31(26)34/h3-22,24H,1-2H3. The van der Waals surface area contributed by atoms with E-state index in [-0.39, 0.29) is 5.41 Å². The third-order valence-electron chi connectivity index (χ3n) is 8.84. The zero-order valence-corrected chi connectivity index (χ0v) is 24.9. The average molecular weight is 578 g/mol. The summed E-state index contributed by atoms with van der Waals surface area (Å²) in [4.78, 5) is 19.2.